The zero-order valence-electron chi connectivity index (χ0n) is 15.6. The lowest BCUT2D eigenvalue weighted by molar-refractivity contribution is -0.385. The fourth-order valence-electron chi connectivity index (χ4n) is 2.47. The van der Waals surface area contributed by atoms with Crippen LogP contribution in [-0.2, 0) is 0 Å². The first-order chi connectivity index (χ1) is 15.2. The highest BCUT2D eigenvalue weighted by Gasteiger charge is 2.24. The van der Waals surface area contributed by atoms with Gasteiger partial charge in [-0.15, -0.1) is 0 Å². The standard InChI is InChI=1S/C22H7F5N3O2/c23-18-16(19(24)21(26)22(27)20(18)25)10-5-13-2-7-14(17(11-13)30(31)32)6-1-12-3-8-15(29-28)9-4-12/h2-4,7-9,11H/q+1. The van der Waals surface area contributed by atoms with Crippen LogP contribution < -0.4 is 0 Å². The first-order valence-corrected chi connectivity index (χ1v) is 8.52. The highest BCUT2D eigenvalue weighted by molar-refractivity contribution is 5.58. The number of hydrogen-bond donors (Lipinski definition) is 0. The second-order valence-electron chi connectivity index (χ2n) is 6.08. The predicted molar refractivity (Wildman–Crippen MR) is 102 cm³/mol. The van der Waals surface area contributed by atoms with E-state index in [2.05, 4.69) is 22.7 Å². The molecule has 0 aliphatic carbocycles. The molecule has 0 heterocycles. The third kappa shape index (κ3) is 4.38. The average molecular weight is 440 g/mol. The third-order valence-corrected chi connectivity index (χ3v) is 4.06. The summed E-state index contributed by atoms with van der Waals surface area (Å²) in [4.78, 5) is 13.6. The Morgan fingerprint density at radius 1 is 0.750 bits per heavy atom. The summed E-state index contributed by atoms with van der Waals surface area (Å²) in [6.07, 6.45) is 0. The van der Waals surface area contributed by atoms with Gasteiger partial charge in [0.25, 0.3) is 5.69 Å². The fourth-order valence-corrected chi connectivity index (χ4v) is 2.47. The van der Waals surface area contributed by atoms with E-state index in [1.807, 2.05) is 5.92 Å². The Morgan fingerprint density at radius 3 is 1.84 bits per heavy atom. The van der Waals surface area contributed by atoms with Crippen LogP contribution in [0.4, 0.5) is 33.3 Å². The van der Waals surface area contributed by atoms with E-state index in [0.717, 1.165) is 6.07 Å². The number of halogens is 5. The third-order valence-electron chi connectivity index (χ3n) is 4.06. The number of nitrogens with zero attached hydrogens (tertiary/aromatic N) is 3. The van der Waals surface area contributed by atoms with Gasteiger partial charge in [-0.05, 0) is 24.3 Å². The highest BCUT2D eigenvalue weighted by Crippen LogP contribution is 2.23. The van der Waals surface area contributed by atoms with Gasteiger partial charge >= 0.3 is 5.69 Å². The Kier molecular flexibility index (Phi) is 6.14. The zero-order valence-corrected chi connectivity index (χ0v) is 15.6. The minimum absolute atomic E-state index is 0.00676. The molecule has 0 amide bonds. The van der Waals surface area contributed by atoms with Crippen molar-refractivity contribution in [1.29, 1.82) is 5.39 Å². The van der Waals surface area contributed by atoms with E-state index in [4.69, 9.17) is 5.39 Å². The summed E-state index contributed by atoms with van der Waals surface area (Å²) in [6.45, 7) is 0. The molecule has 0 aliphatic heterocycles. The van der Waals surface area contributed by atoms with Crippen molar-refractivity contribution < 1.29 is 26.9 Å². The molecule has 0 saturated heterocycles. The molecule has 3 aromatic rings. The number of rotatable bonds is 1. The summed E-state index contributed by atoms with van der Waals surface area (Å²) in [5.41, 5.74) is -1.19. The van der Waals surface area contributed by atoms with Crippen LogP contribution in [0.3, 0.4) is 0 Å². The highest BCUT2D eigenvalue weighted by atomic mass is 19.2. The Balaban J connectivity index is 2.00. The minimum atomic E-state index is -2.32. The molecular weight excluding hydrogens is 433 g/mol. The van der Waals surface area contributed by atoms with Crippen LogP contribution >= 0.6 is 0 Å². The number of hydrogen-bond acceptors (Lipinski definition) is 3. The number of nitro benzene ring substituents is 1. The van der Waals surface area contributed by atoms with Crippen LogP contribution in [0.1, 0.15) is 22.3 Å². The normalized spacial score (nSPS) is 9.75. The fraction of sp³-hybridized carbons (Fsp3) is 0. The van der Waals surface area contributed by atoms with Gasteiger partial charge in [0.05, 0.1) is 4.92 Å². The van der Waals surface area contributed by atoms with Gasteiger partial charge in [-0.1, -0.05) is 23.7 Å². The second-order valence-corrected chi connectivity index (χ2v) is 6.08. The second kappa shape index (κ2) is 8.95. The maximum absolute atomic E-state index is 13.7. The molecular formula is C22H7F5N3O2+. The summed E-state index contributed by atoms with van der Waals surface area (Å²) in [5.74, 6) is -1.56. The van der Waals surface area contributed by atoms with Crippen molar-refractivity contribution in [3.05, 3.63) is 109 Å². The van der Waals surface area contributed by atoms with Gasteiger partial charge < -0.3 is 0 Å². The van der Waals surface area contributed by atoms with Crippen LogP contribution in [0.5, 0.6) is 0 Å². The van der Waals surface area contributed by atoms with E-state index in [1.54, 1.807) is 0 Å². The average Bonchev–Trinajstić information content (AvgIpc) is 2.80. The summed E-state index contributed by atoms with van der Waals surface area (Å²) in [5, 5.41) is 20.0. The lowest BCUT2D eigenvalue weighted by Crippen LogP contribution is -2.04. The molecule has 0 aromatic heterocycles. The van der Waals surface area contributed by atoms with Crippen molar-refractivity contribution in [1.82, 2.24) is 0 Å². The molecule has 0 bridgehead atoms. The zero-order chi connectivity index (χ0) is 23.4. The Labute approximate surface area is 176 Å². The van der Waals surface area contributed by atoms with Gasteiger partial charge in [0, 0.05) is 29.3 Å². The largest absolute Gasteiger partial charge is 0.385 e. The molecule has 0 fully saturated rings. The van der Waals surface area contributed by atoms with E-state index in [1.165, 1.54) is 36.4 Å². The molecule has 0 atom stereocenters. The predicted octanol–water partition coefficient (Wildman–Crippen LogP) is 5.57. The molecule has 0 saturated carbocycles. The first kappa shape index (κ1) is 21.9. The van der Waals surface area contributed by atoms with Gasteiger partial charge in [0.15, 0.2) is 28.2 Å². The van der Waals surface area contributed by atoms with Crippen LogP contribution in [0.25, 0.3) is 4.98 Å². The molecule has 0 radical (unpaired) electrons. The van der Waals surface area contributed by atoms with E-state index in [0.29, 0.717) is 11.3 Å². The van der Waals surface area contributed by atoms with Crippen LogP contribution in [0.2, 0.25) is 0 Å². The van der Waals surface area contributed by atoms with Crippen molar-refractivity contribution in [3.8, 4) is 23.7 Å². The van der Waals surface area contributed by atoms with Crippen molar-refractivity contribution in [2.45, 2.75) is 0 Å². The van der Waals surface area contributed by atoms with Gasteiger partial charge in [-0.25, -0.2) is 22.0 Å². The molecule has 32 heavy (non-hydrogen) atoms. The van der Waals surface area contributed by atoms with Crippen molar-refractivity contribution in [2.24, 2.45) is 0 Å². The van der Waals surface area contributed by atoms with Gasteiger partial charge in [-0.2, -0.15) is 0 Å². The topological polar surface area (TPSA) is 71.3 Å². The lowest BCUT2D eigenvalue weighted by Gasteiger charge is -2.02. The SMILES string of the molecule is N#[N+]c1ccc(C#Cc2ccc(C#Cc3c(F)c(F)c(F)c(F)c3F)cc2[N+](=O)[O-])cc1. The van der Waals surface area contributed by atoms with Crippen molar-refractivity contribution >= 4 is 11.4 Å². The molecule has 0 N–H and O–H groups in total. The maximum atomic E-state index is 13.7. The van der Waals surface area contributed by atoms with E-state index < -0.39 is 45.3 Å². The number of diazo groups is 1. The van der Waals surface area contributed by atoms with E-state index in [-0.39, 0.29) is 11.1 Å². The number of nitro groups is 1. The van der Waals surface area contributed by atoms with Crippen LogP contribution in [-0.4, -0.2) is 4.92 Å². The summed E-state index contributed by atoms with van der Waals surface area (Å²) < 4.78 is 67.1. The summed E-state index contributed by atoms with van der Waals surface area (Å²) in [6, 6.07) is 9.41. The Bertz CT molecular complexity index is 1390. The molecule has 0 spiro atoms. The molecule has 0 aliphatic rings. The first-order valence-electron chi connectivity index (χ1n) is 8.52. The summed E-state index contributed by atoms with van der Waals surface area (Å²) in [7, 11) is 0. The quantitative estimate of drug-likeness (QED) is 0.0944. The Morgan fingerprint density at radius 2 is 1.28 bits per heavy atom. The van der Waals surface area contributed by atoms with Crippen LogP contribution in [0, 0.1) is 68.3 Å². The van der Waals surface area contributed by atoms with E-state index in [9.17, 15) is 32.1 Å². The maximum Gasteiger partial charge on any atom is 0.385 e. The van der Waals surface area contributed by atoms with Crippen molar-refractivity contribution in [3.63, 3.8) is 0 Å². The lowest BCUT2D eigenvalue weighted by atomic mass is 10.1. The van der Waals surface area contributed by atoms with E-state index >= 15 is 0 Å². The van der Waals surface area contributed by atoms with Gasteiger partial charge in [-0.3, -0.25) is 10.1 Å². The molecule has 3 aromatic carbocycles. The number of benzene rings is 3. The smallest absolute Gasteiger partial charge is 0.258 e. The minimum Gasteiger partial charge on any atom is -0.258 e. The monoisotopic (exact) mass is 440 g/mol. The van der Waals surface area contributed by atoms with Crippen LogP contribution in [0.15, 0.2) is 42.5 Å². The Hall–Kier alpha value is -4.75. The van der Waals surface area contributed by atoms with Gasteiger partial charge in [0.1, 0.15) is 11.1 Å². The molecule has 156 valence electrons. The molecule has 0 unspecified atom stereocenters. The summed E-state index contributed by atoms with van der Waals surface area (Å²) >= 11 is 0. The molecule has 10 heteroatoms. The molecule has 5 nitrogen and oxygen atoms in total. The van der Waals surface area contributed by atoms with Crippen molar-refractivity contribution in [2.75, 3.05) is 0 Å². The molecule has 3 rings (SSSR count). The van der Waals surface area contributed by atoms with Gasteiger partial charge in [0.2, 0.25) is 11.2 Å².